The van der Waals surface area contributed by atoms with Gasteiger partial charge in [-0.15, -0.1) is 0 Å². The summed E-state index contributed by atoms with van der Waals surface area (Å²) in [6, 6.07) is 5.64. The minimum absolute atomic E-state index is 0.0968. The fourth-order valence-corrected chi connectivity index (χ4v) is 1.98. The van der Waals surface area contributed by atoms with Crippen LogP contribution in [0.4, 0.5) is 4.39 Å². The number of hydrogen-bond acceptors (Lipinski definition) is 3. The molecule has 0 aliphatic carbocycles. The summed E-state index contributed by atoms with van der Waals surface area (Å²) in [4.78, 5) is 34.1. The smallest absolute Gasteiger partial charge is 0.239 e. The van der Waals surface area contributed by atoms with Gasteiger partial charge in [-0.05, 0) is 23.6 Å². The summed E-state index contributed by atoms with van der Waals surface area (Å²) < 4.78 is 13.0. The molecule has 23 heavy (non-hydrogen) atoms. The summed E-state index contributed by atoms with van der Waals surface area (Å²) in [6.07, 6.45) is 0. The molecule has 126 valence electrons. The van der Waals surface area contributed by atoms with Gasteiger partial charge in [-0.3, -0.25) is 14.4 Å². The van der Waals surface area contributed by atoms with Crippen LogP contribution >= 0.6 is 0 Å². The second kappa shape index (κ2) is 8.87. The molecule has 6 nitrogen and oxygen atoms in total. The second-order valence-corrected chi connectivity index (χ2v) is 5.53. The minimum atomic E-state index is -0.446. The minimum Gasteiger partial charge on any atom is -0.348 e. The molecule has 1 aromatic carbocycles. The zero-order valence-corrected chi connectivity index (χ0v) is 13.5. The first-order valence-corrected chi connectivity index (χ1v) is 7.35. The highest BCUT2D eigenvalue weighted by atomic mass is 19.1. The maximum absolute atomic E-state index is 13.0. The Balaban J connectivity index is 2.53. The van der Waals surface area contributed by atoms with Gasteiger partial charge in [0.1, 0.15) is 5.82 Å². The zero-order chi connectivity index (χ0) is 17.4. The standard InChI is InChI=1S/C16H22FN3O3/c1-10(2)16(12-4-6-13(17)7-5-12)20-15(23)9-19-14(22)8-18-11(3)21/h4-7,10,16H,8-9H2,1-3H3,(H,18,21)(H,19,22)(H,20,23)/t16-/m1/s1. The van der Waals surface area contributed by atoms with E-state index in [1.807, 2.05) is 13.8 Å². The van der Waals surface area contributed by atoms with E-state index in [9.17, 15) is 18.8 Å². The van der Waals surface area contributed by atoms with Crippen LogP contribution in [-0.4, -0.2) is 30.8 Å². The van der Waals surface area contributed by atoms with Gasteiger partial charge in [0.05, 0.1) is 19.1 Å². The highest BCUT2D eigenvalue weighted by molar-refractivity contribution is 5.87. The van der Waals surface area contributed by atoms with Gasteiger partial charge < -0.3 is 16.0 Å². The molecule has 1 aromatic rings. The molecule has 0 radical (unpaired) electrons. The first-order chi connectivity index (χ1) is 10.8. The molecule has 0 spiro atoms. The molecule has 0 unspecified atom stereocenters. The summed E-state index contributed by atoms with van der Waals surface area (Å²) in [5.41, 5.74) is 0.791. The van der Waals surface area contributed by atoms with E-state index in [1.54, 1.807) is 12.1 Å². The quantitative estimate of drug-likeness (QED) is 0.696. The van der Waals surface area contributed by atoms with E-state index in [0.29, 0.717) is 0 Å². The van der Waals surface area contributed by atoms with Crippen molar-refractivity contribution in [1.82, 2.24) is 16.0 Å². The Bertz CT molecular complexity index is 558. The van der Waals surface area contributed by atoms with Crippen molar-refractivity contribution in [2.45, 2.75) is 26.8 Å². The van der Waals surface area contributed by atoms with Crippen LogP contribution < -0.4 is 16.0 Å². The van der Waals surface area contributed by atoms with E-state index in [-0.39, 0.29) is 42.7 Å². The third kappa shape index (κ3) is 6.90. The molecule has 1 atom stereocenters. The van der Waals surface area contributed by atoms with Crippen LogP contribution in [0.2, 0.25) is 0 Å². The molecular formula is C16H22FN3O3. The number of rotatable bonds is 7. The van der Waals surface area contributed by atoms with E-state index < -0.39 is 5.91 Å². The van der Waals surface area contributed by atoms with Crippen molar-refractivity contribution < 1.29 is 18.8 Å². The zero-order valence-electron chi connectivity index (χ0n) is 13.5. The van der Waals surface area contributed by atoms with Gasteiger partial charge in [0.25, 0.3) is 0 Å². The van der Waals surface area contributed by atoms with Crippen LogP contribution in [0.1, 0.15) is 32.4 Å². The Labute approximate surface area is 134 Å². The molecule has 0 fully saturated rings. The largest absolute Gasteiger partial charge is 0.348 e. The first kappa shape index (κ1) is 18.6. The Morgan fingerprint density at radius 3 is 2.09 bits per heavy atom. The lowest BCUT2D eigenvalue weighted by Crippen LogP contribution is -2.43. The van der Waals surface area contributed by atoms with Crippen molar-refractivity contribution in [3.05, 3.63) is 35.6 Å². The van der Waals surface area contributed by atoms with Crippen molar-refractivity contribution in [3.8, 4) is 0 Å². The average Bonchev–Trinajstić information content (AvgIpc) is 2.49. The van der Waals surface area contributed by atoms with E-state index >= 15 is 0 Å². The molecule has 0 aromatic heterocycles. The fourth-order valence-electron chi connectivity index (χ4n) is 1.98. The third-order valence-electron chi connectivity index (χ3n) is 3.16. The molecule has 1 rings (SSSR count). The number of halogens is 1. The van der Waals surface area contributed by atoms with E-state index in [0.717, 1.165) is 5.56 Å². The summed E-state index contributed by atoms with van der Waals surface area (Å²) in [5, 5.41) is 7.57. The molecule has 0 aliphatic heterocycles. The highest BCUT2D eigenvalue weighted by Crippen LogP contribution is 2.21. The molecule has 0 saturated carbocycles. The van der Waals surface area contributed by atoms with Crippen molar-refractivity contribution in [2.75, 3.05) is 13.1 Å². The summed E-state index contributed by atoms with van der Waals surface area (Å²) in [6.45, 7) is 4.81. The number of carbonyl (C=O) groups excluding carboxylic acids is 3. The van der Waals surface area contributed by atoms with Crippen LogP contribution in [0.3, 0.4) is 0 Å². The number of nitrogens with one attached hydrogen (secondary N) is 3. The Kier molecular flexibility index (Phi) is 7.18. The summed E-state index contributed by atoms with van der Waals surface area (Å²) >= 11 is 0. The van der Waals surface area contributed by atoms with Crippen LogP contribution in [0.15, 0.2) is 24.3 Å². The maximum atomic E-state index is 13.0. The van der Waals surface area contributed by atoms with Gasteiger partial charge in [-0.25, -0.2) is 4.39 Å². The van der Waals surface area contributed by atoms with E-state index in [1.165, 1.54) is 19.1 Å². The first-order valence-electron chi connectivity index (χ1n) is 7.35. The number of amides is 3. The van der Waals surface area contributed by atoms with Gasteiger partial charge in [-0.1, -0.05) is 26.0 Å². The van der Waals surface area contributed by atoms with E-state index in [2.05, 4.69) is 16.0 Å². The van der Waals surface area contributed by atoms with Gasteiger partial charge in [0.15, 0.2) is 0 Å². The van der Waals surface area contributed by atoms with Crippen molar-refractivity contribution >= 4 is 17.7 Å². The van der Waals surface area contributed by atoms with Gasteiger partial charge in [0.2, 0.25) is 17.7 Å². The molecular weight excluding hydrogens is 301 g/mol. The number of benzene rings is 1. The average molecular weight is 323 g/mol. The summed E-state index contributed by atoms with van der Waals surface area (Å²) in [5.74, 6) is -1.37. The lowest BCUT2D eigenvalue weighted by molar-refractivity contribution is -0.127. The lowest BCUT2D eigenvalue weighted by Gasteiger charge is -2.23. The van der Waals surface area contributed by atoms with Crippen molar-refractivity contribution in [3.63, 3.8) is 0 Å². The third-order valence-corrected chi connectivity index (χ3v) is 3.16. The molecule has 0 saturated heterocycles. The van der Waals surface area contributed by atoms with Crippen LogP contribution in [0, 0.1) is 11.7 Å². The molecule has 0 bridgehead atoms. The molecule has 3 amide bonds. The maximum Gasteiger partial charge on any atom is 0.239 e. The van der Waals surface area contributed by atoms with Gasteiger partial charge in [0, 0.05) is 6.92 Å². The van der Waals surface area contributed by atoms with Crippen LogP contribution in [-0.2, 0) is 14.4 Å². The normalized spacial score (nSPS) is 11.7. The second-order valence-electron chi connectivity index (χ2n) is 5.53. The highest BCUT2D eigenvalue weighted by Gasteiger charge is 2.18. The Morgan fingerprint density at radius 1 is 1.00 bits per heavy atom. The van der Waals surface area contributed by atoms with Gasteiger partial charge >= 0.3 is 0 Å². The molecule has 0 aliphatic rings. The lowest BCUT2D eigenvalue weighted by atomic mass is 9.96. The number of carbonyl (C=O) groups is 3. The predicted molar refractivity (Wildman–Crippen MR) is 83.8 cm³/mol. The van der Waals surface area contributed by atoms with Crippen LogP contribution in [0.5, 0.6) is 0 Å². The number of hydrogen-bond donors (Lipinski definition) is 3. The fraction of sp³-hybridized carbons (Fsp3) is 0.438. The van der Waals surface area contributed by atoms with Crippen LogP contribution in [0.25, 0.3) is 0 Å². The molecule has 3 N–H and O–H groups in total. The topological polar surface area (TPSA) is 87.3 Å². The molecule has 7 heteroatoms. The SMILES string of the molecule is CC(=O)NCC(=O)NCC(=O)N[C@@H](c1ccc(F)cc1)C(C)C. The van der Waals surface area contributed by atoms with Crippen molar-refractivity contribution in [1.29, 1.82) is 0 Å². The predicted octanol–water partition coefficient (Wildman–Crippen LogP) is 0.891. The van der Waals surface area contributed by atoms with E-state index in [4.69, 9.17) is 0 Å². The Hall–Kier alpha value is -2.44. The Morgan fingerprint density at radius 2 is 1.57 bits per heavy atom. The van der Waals surface area contributed by atoms with Gasteiger partial charge in [-0.2, -0.15) is 0 Å². The monoisotopic (exact) mass is 323 g/mol. The molecule has 0 heterocycles. The van der Waals surface area contributed by atoms with Crippen molar-refractivity contribution in [2.24, 2.45) is 5.92 Å². The summed E-state index contributed by atoms with van der Waals surface area (Å²) in [7, 11) is 0.